The second kappa shape index (κ2) is 55.2. The van der Waals surface area contributed by atoms with E-state index in [2.05, 4.69) is 87.6 Å². The van der Waals surface area contributed by atoms with Crippen LogP contribution >= 0.6 is 0 Å². The molecule has 0 saturated carbocycles. The first-order valence-corrected chi connectivity index (χ1v) is 28.1. The van der Waals surface area contributed by atoms with Crippen molar-refractivity contribution < 1.29 is 28.6 Å². The highest BCUT2D eigenvalue weighted by Gasteiger charge is 2.19. The third-order valence-corrected chi connectivity index (χ3v) is 11.9. The molecule has 0 fully saturated rings. The van der Waals surface area contributed by atoms with E-state index in [1.165, 1.54) is 128 Å². The van der Waals surface area contributed by atoms with Gasteiger partial charge in [0.15, 0.2) is 6.10 Å². The van der Waals surface area contributed by atoms with Gasteiger partial charge in [0.25, 0.3) is 0 Å². The van der Waals surface area contributed by atoms with Gasteiger partial charge in [0.1, 0.15) is 13.2 Å². The third-order valence-electron chi connectivity index (χ3n) is 11.9. The van der Waals surface area contributed by atoms with Gasteiger partial charge in [-0.25, -0.2) is 0 Å². The van der Waals surface area contributed by atoms with E-state index in [1.54, 1.807) is 0 Å². The summed E-state index contributed by atoms with van der Waals surface area (Å²) >= 11 is 0. The Labute approximate surface area is 414 Å². The zero-order valence-corrected chi connectivity index (χ0v) is 43.9. The molecule has 0 aromatic rings. The molecule has 384 valence electrons. The van der Waals surface area contributed by atoms with Crippen molar-refractivity contribution in [2.24, 2.45) is 0 Å². The Bertz CT molecular complexity index is 1300. The summed E-state index contributed by atoms with van der Waals surface area (Å²) in [5.41, 5.74) is 0. The number of carbonyl (C=O) groups is 3. The van der Waals surface area contributed by atoms with E-state index in [-0.39, 0.29) is 31.1 Å². The molecule has 67 heavy (non-hydrogen) atoms. The average Bonchev–Trinajstić information content (AvgIpc) is 3.33. The summed E-state index contributed by atoms with van der Waals surface area (Å²) in [4.78, 5) is 38.1. The summed E-state index contributed by atoms with van der Waals surface area (Å²) in [5.74, 6) is -0.921. The summed E-state index contributed by atoms with van der Waals surface area (Å²) in [6.07, 6.45) is 71.3. The molecule has 0 spiro atoms. The van der Waals surface area contributed by atoms with Gasteiger partial charge < -0.3 is 14.2 Å². The molecular weight excluding hydrogens is 829 g/mol. The smallest absolute Gasteiger partial charge is 0.306 e. The Kier molecular flexibility index (Phi) is 52.4. The van der Waals surface area contributed by atoms with E-state index < -0.39 is 6.10 Å². The maximum Gasteiger partial charge on any atom is 0.306 e. The Balaban J connectivity index is 4.44. The van der Waals surface area contributed by atoms with Gasteiger partial charge in [-0.3, -0.25) is 14.4 Å². The molecule has 0 N–H and O–H groups in total. The van der Waals surface area contributed by atoms with Crippen LogP contribution in [0.5, 0.6) is 0 Å². The zero-order chi connectivity index (χ0) is 48.6. The Hall–Kier alpha value is -3.41. The van der Waals surface area contributed by atoms with Gasteiger partial charge in [0.2, 0.25) is 0 Å². The number of rotatable bonds is 50. The van der Waals surface area contributed by atoms with Gasteiger partial charge in [-0.2, -0.15) is 0 Å². The zero-order valence-electron chi connectivity index (χ0n) is 43.9. The minimum atomic E-state index is -0.793. The van der Waals surface area contributed by atoms with Crippen LogP contribution in [0.2, 0.25) is 0 Å². The molecule has 0 aromatic carbocycles. The summed E-state index contributed by atoms with van der Waals surface area (Å²) in [6.45, 7) is 6.45. The number of allylic oxidation sites excluding steroid dienone is 14. The highest BCUT2D eigenvalue weighted by atomic mass is 16.6. The number of esters is 3. The van der Waals surface area contributed by atoms with Crippen molar-refractivity contribution in [3.8, 4) is 0 Å². The molecular formula is C61H104O6. The predicted octanol–water partition coefficient (Wildman–Crippen LogP) is 18.8. The molecule has 6 nitrogen and oxygen atoms in total. The van der Waals surface area contributed by atoms with Crippen LogP contribution in [0.15, 0.2) is 85.1 Å². The highest BCUT2D eigenvalue weighted by Crippen LogP contribution is 2.15. The molecule has 0 aliphatic rings. The van der Waals surface area contributed by atoms with Gasteiger partial charge in [0, 0.05) is 19.3 Å². The van der Waals surface area contributed by atoms with Crippen molar-refractivity contribution in [3.05, 3.63) is 85.1 Å². The van der Waals surface area contributed by atoms with Crippen LogP contribution in [0.3, 0.4) is 0 Å². The molecule has 1 atom stereocenters. The quantitative estimate of drug-likeness (QED) is 0.0199. The maximum absolute atomic E-state index is 12.9. The fourth-order valence-electron chi connectivity index (χ4n) is 7.71. The normalized spacial score (nSPS) is 12.7. The largest absolute Gasteiger partial charge is 0.462 e. The minimum Gasteiger partial charge on any atom is -0.462 e. The fraction of sp³-hybridized carbons (Fsp3) is 0.721. The minimum absolute atomic E-state index is 0.0903. The van der Waals surface area contributed by atoms with Crippen molar-refractivity contribution in [2.75, 3.05) is 13.2 Å². The molecule has 0 aliphatic heterocycles. The first-order chi connectivity index (χ1) is 33.0. The van der Waals surface area contributed by atoms with E-state index in [0.717, 1.165) is 96.3 Å². The van der Waals surface area contributed by atoms with Crippen molar-refractivity contribution in [1.82, 2.24) is 0 Å². The van der Waals surface area contributed by atoms with Gasteiger partial charge in [-0.05, 0) is 96.3 Å². The fourth-order valence-corrected chi connectivity index (χ4v) is 7.71. The van der Waals surface area contributed by atoms with E-state index in [1.807, 2.05) is 18.2 Å². The van der Waals surface area contributed by atoms with Crippen molar-refractivity contribution >= 4 is 17.9 Å². The molecule has 0 bridgehead atoms. The van der Waals surface area contributed by atoms with E-state index in [4.69, 9.17) is 14.2 Å². The Morgan fingerprint density at radius 3 is 1.07 bits per heavy atom. The van der Waals surface area contributed by atoms with Crippen LogP contribution in [-0.2, 0) is 28.6 Å². The summed E-state index contributed by atoms with van der Waals surface area (Å²) in [6, 6.07) is 0. The number of hydrogen-bond acceptors (Lipinski definition) is 6. The molecule has 1 unspecified atom stereocenters. The van der Waals surface area contributed by atoms with Crippen LogP contribution in [-0.4, -0.2) is 37.2 Å². The number of carbonyl (C=O) groups excluding carboxylic acids is 3. The van der Waals surface area contributed by atoms with E-state index in [9.17, 15) is 14.4 Å². The lowest BCUT2D eigenvalue weighted by Gasteiger charge is -2.18. The molecule has 6 heteroatoms. The van der Waals surface area contributed by atoms with Crippen LogP contribution in [0, 0.1) is 0 Å². The van der Waals surface area contributed by atoms with Crippen molar-refractivity contribution in [3.63, 3.8) is 0 Å². The molecule has 0 aliphatic carbocycles. The molecule has 0 amide bonds. The topological polar surface area (TPSA) is 78.9 Å². The van der Waals surface area contributed by atoms with E-state index in [0.29, 0.717) is 19.3 Å². The molecule has 0 rings (SSSR count). The monoisotopic (exact) mass is 933 g/mol. The average molecular weight is 933 g/mol. The lowest BCUT2D eigenvalue weighted by Crippen LogP contribution is -2.30. The number of unbranched alkanes of at least 4 members (excludes halogenated alkanes) is 28. The molecule has 0 radical (unpaired) electrons. The summed E-state index contributed by atoms with van der Waals surface area (Å²) < 4.78 is 16.8. The van der Waals surface area contributed by atoms with E-state index >= 15 is 0 Å². The summed E-state index contributed by atoms with van der Waals surface area (Å²) in [5, 5.41) is 0. The van der Waals surface area contributed by atoms with Gasteiger partial charge in [-0.1, -0.05) is 234 Å². The molecule has 0 saturated heterocycles. The lowest BCUT2D eigenvalue weighted by atomic mass is 10.1. The first-order valence-electron chi connectivity index (χ1n) is 28.1. The van der Waals surface area contributed by atoms with Crippen LogP contribution in [0.1, 0.15) is 265 Å². The van der Waals surface area contributed by atoms with Crippen molar-refractivity contribution in [1.29, 1.82) is 0 Å². The lowest BCUT2D eigenvalue weighted by molar-refractivity contribution is -0.167. The Morgan fingerprint density at radius 1 is 0.328 bits per heavy atom. The Morgan fingerprint density at radius 2 is 0.642 bits per heavy atom. The van der Waals surface area contributed by atoms with Gasteiger partial charge in [-0.15, -0.1) is 0 Å². The SMILES string of the molecule is CC\C=C/C=C\C=C/C=C\CCCCCCCC(=O)OCC(COC(=O)CCCCCCCCC/C=C\C/C=C\CCCCC)OC(=O)CCCCCCCCC/C=C\CCCCCCCC. The number of hydrogen-bond donors (Lipinski definition) is 0. The second-order valence-electron chi connectivity index (χ2n) is 18.5. The maximum atomic E-state index is 12.9. The van der Waals surface area contributed by atoms with Crippen LogP contribution in [0.25, 0.3) is 0 Å². The van der Waals surface area contributed by atoms with Crippen LogP contribution in [0.4, 0.5) is 0 Å². The van der Waals surface area contributed by atoms with Crippen molar-refractivity contribution in [2.45, 2.75) is 271 Å². The molecule has 0 aromatic heterocycles. The third kappa shape index (κ3) is 53.4. The van der Waals surface area contributed by atoms with Gasteiger partial charge in [0.05, 0.1) is 0 Å². The van der Waals surface area contributed by atoms with Crippen LogP contribution < -0.4 is 0 Å². The van der Waals surface area contributed by atoms with Gasteiger partial charge >= 0.3 is 17.9 Å². The molecule has 0 heterocycles. The first kappa shape index (κ1) is 63.6. The number of ether oxygens (including phenoxy) is 3. The standard InChI is InChI=1S/C61H104O6/c1-4-7-10-13-16-19-22-25-28-30-33-36-39-42-45-48-51-54-60(63)66-57-58(56-65-59(62)53-50-47-44-41-38-35-32-27-24-21-18-15-12-9-6-3)67-61(64)55-52-49-46-43-40-37-34-31-29-26-23-20-17-14-11-8-5-2/h9,12,15-16,18-19,21,24-29,32,58H,4-8,10-11,13-14,17,20,22-23,30-31,33-57H2,1-3H3/b12-9-,18-15-,19-16-,24-21-,28-25-,29-26-,32-27-. The predicted molar refractivity (Wildman–Crippen MR) is 288 cm³/mol. The highest BCUT2D eigenvalue weighted by molar-refractivity contribution is 5.71. The second-order valence-corrected chi connectivity index (χ2v) is 18.5. The summed E-state index contributed by atoms with van der Waals surface area (Å²) in [7, 11) is 0.